The summed E-state index contributed by atoms with van der Waals surface area (Å²) < 4.78 is 8.89. The first kappa shape index (κ1) is 82.5. The lowest BCUT2D eigenvalue weighted by Gasteiger charge is -2.39. The minimum absolute atomic E-state index is 0.0251. The molecular weight excluding hydrogens is 1500 g/mol. The van der Waals surface area contributed by atoms with E-state index in [2.05, 4.69) is 250 Å². The molecule has 26 heteroatoms. The number of pyridine rings is 8. The fraction of sp³-hybridized carbons (Fsp3) is 0.489. The minimum atomic E-state index is -0.0251. The number of nitrogens with zero attached hydrogens (tertiary/aromatic N) is 24. The molecule has 0 spiro atoms. The summed E-state index contributed by atoms with van der Waals surface area (Å²) in [5.41, 5.74) is 14.0. The predicted molar refractivity (Wildman–Crippen MR) is 476 cm³/mol. The van der Waals surface area contributed by atoms with Crippen molar-refractivity contribution in [1.82, 2.24) is 96.7 Å². The SMILES string of the molecule is C[C@@H](c1ccccn1)N(C)Cc1cn2c(N3CCN4CCC[C@@H]4C3)cccc2n1.C[C@@H](c1ccccn1)N(C)Cc1cn2c(N3CCN4CCC[C@H]4C3)cccc2n1.C[C@@H](c1ccccn1)N(C)Cc1nc2cccc(N3CCN4CCC[C@@H]4C3)n2c1CO.C[C@@H](c1ccccn1)N(C)Cc1nc2cccc(N3CCN4CCC[C@H]4C3)n2c1CO. The van der Waals surface area contributed by atoms with Gasteiger partial charge in [-0.1, -0.05) is 48.5 Å². The number of aliphatic hydroxyl groups is 2. The van der Waals surface area contributed by atoms with E-state index in [0.29, 0.717) is 37.3 Å². The zero-order chi connectivity index (χ0) is 82.3. The van der Waals surface area contributed by atoms with Gasteiger partial charge < -0.3 is 29.8 Å². The van der Waals surface area contributed by atoms with Crippen LogP contribution in [0.15, 0.2) is 183 Å². The molecule has 0 radical (unpaired) electrons. The van der Waals surface area contributed by atoms with E-state index in [4.69, 9.17) is 19.9 Å². The molecule has 12 aromatic rings. The van der Waals surface area contributed by atoms with E-state index >= 15 is 0 Å². The highest BCUT2D eigenvalue weighted by molar-refractivity contribution is 5.58. The van der Waals surface area contributed by atoms with Gasteiger partial charge in [-0.2, -0.15) is 0 Å². The summed E-state index contributed by atoms with van der Waals surface area (Å²) in [6, 6.07) is 53.4. The maximum absolute atomic E-state index is 10.3. The van der Waals surface area contributed by atoms with Crippen LogP contribution in [-0.4, -0.2) is 264 Å². The third kappa shape index (κ3) is 18.1. The average molecular weight is 1620 g/mol. The summed E-state index contributed by atoms with van der Waals surface area (Å²) in [5.74, 6) is 4.83. The van der Waals surface area contributed by atoms with Gasteiger partial charge in [0.05, 0.1) is 70.2 Å². The number of piperazine rings is 4. The van der Waals surface area contributed by atoms with Crippen LogP contribution in [0.5, 0.6) is 0 Å². The molecule has 8 aliphatic heterocycles. The zero-order valence-corrected chi connectivity index (χ0v) is 71.8. The second-order valence-electron chi connectivity index (χ2n) is 34.7. The van der Waals surface area contributed by atoms with Crippen molar-refractivity contribution >= 4 is 45.9 Å². The molecule has 12 aromatic heterocycles. The van der Waals surface area contributed by atoms with Crippen molar-refractivity contribution in [3.8, 4) is 0 Å². The predicted octanol–water partition coefficient (Wildman–Crippen LogP) is 11.8. The van der Waals surface area contributed by atoms with E-state index in [1.54, 1.807) is 0 Å². The second kappa shape index (κ2) is 37.7. The summed E-state index contributed by atoms with van der Waals surface area (Å²) in [7, 11) is 8.46. The zero-order valence-electron chi connectivity index (χ0n) is 71.8. The third-order valence-corrected chi connectivity index (χ3v) is 27.3. The molecule has 0 amide bonds. The number of imidazole rings is 4. The number of hydrogen-bond acceptors (Lipinski definition) is 22. The maximum Gasteiger partial charge on any atom is 0.138 e. The monoisotopic (exact) mass is 1620 g/mol. The Balaban J connectivity index is 0.000000114. The first-order chi connectivity index (χ1) is 58.7. The van der Waals surface area contributed by atoms with Gasteiger partial charge in [0.1, 0.15) is 45.9 Å². The van der Waals surface area contributed by atoms with Crippen molar-refractivity contribution in [1.29, 1.82) is 0 Å². The van der Waals surface area contributed by atoms with E-state index in [1.165, 1.54) is 102 Å². The van der Waals surface area contributed by atoms with Crippen LogP contribution in [0, 0.1) is 0 Å². The molecule has 0 unspecified atom stereocenters. The highest BCUT2D eigenvalue weighted by atomic mass is 16.3. The largest absolute Gasteiger partial charge is 0.390 e. The highest BCUT2D eigenvalue weighted by Gasteiger charge is 2.37. The number of rotatable bonds is 22. The van der Waals surface area contributed by atoms with Gasteiger partial charge in [0.2, 0.25) is 0 Å². The molecular formula is C94H124N24O2. The molecule has 26 nitrogen and oxygen atoms in total. The number of anilines is 4. The van der Waals surface area contributed by atoms with Crippen molar-refractivity contribution < 1.29 is 10.2 Å². The van der Waals surface area contributed by atoms with Gasteiger partial charge >= 0.3 is 0 Å². The number of fused-ring (bicyclic) bond motifs is 8. The Morgan fingerprint density at radius 1 is 0.325 bits per heavy atom. The normalized spacial score (nSPS) is 20.8. The second-order valence-corrected chi connectivity index (χ2v) is 34.7. The summed E-state index contributed by atoms with van der Waals surface area (Å²) in [6.45, 7) is 29.8. The third-order valence-electron chi connectivity index (χ3n) is 27.3. The lowest BCUT2D eigenvalue weighted by molar-refractivity contribution is 0.229. The van der Waals surface area contributed by atoms with Crippen molar-refractivity contribution in [3.63, 3.8) is 0 Å². The molecule has 0 saturated carbocycles. The van der Waals surface area contributed by atoms with Gasteiger partial charge in [-0.15, -0.1) is 0 Å². The fourth-order valence-electron chi connectivity index (χ4n) is 19.9. The molecule has 120 heavy (non-hydrogen) atoms. The fourth-order valence-corrected chi connectivity index (χ4v) is 19.9. The van der Waals surface area contributed by atoms with Crippen molar-refractivity contribution in [2.75, 3.05) is 153 Å². The quantitative estimate of drug-likeness (QED) is 0.0648. The van der Waals surface area contributed by atoms with E-state index in [1.807, 2.05) is 85.5 Å². The first-order valence-corrected chi connectivity index (χ1v) is 44.2. The molecule has 632 valence electrons. The summed E-state index contributed by atoms with van der Waals surface area (Å²) in [4.78, 5) is 67.4. The van der Waals surface area contributed by atoms with Crippen LogP contribution in [0.2, 0.25) is 0 Å². The van der Waals surface area contributed by atoms with E-state index in [0.717, 1.165) is 170 Å². The number of aliphatic hydroxyl groups excluding tert-OH is 2. The Hall–Kier alpha value is -9.84. The number of aromatic nitrogens is 12. The lowest BCUT2D eigenvalue weighted by Crippen LogP contribution is -2.50. The number of hydrogen-bond donors (Lipinski definition) is 2. The van der Waals surface area contributed by atoms with Gasteiger partial charge in [0.25, 0.3) is 0 Å². The standard InChI is InChI=1S/2C24H32N6O.2C23H30N6/c2*1-18(20-8-3-4-11-25-20)27(2)16-21-22(17-31)30-23(26-21)9-5-10-24(30)29-14-13-28-12-6-7-19(28)15-29;2*1-18(21-8-3-4-11-24-21)26(2)15-19-16-29-22(25-19)9-5-10-23(29)28-14-13-27-12-6-7-20(27)17-28/h2*3-5,8-11,18-19,31H,6-7,12-17H2,1-2H3;2*3-5,8-11,16,18,20H,6-7,12-15,17H2,1-2H3/t18-,19+;18-,19-;18-,20+;18-,20-/m0000/s1. The van der Waals surface area contributed by atoms with Gasteiger partial charge in [-0.3, -0.25) is 76.7 Å². The molecule has 8 saturated heterocycles. The topological polar surface area (TPSA) is 200 Å². The first-order valence-electron chi connectivity index (χ1n) is 44.2. The average Bonchev–Trinajstić information content (AvgIpc) is 1.60. The van der Waals surface area contributed by atoms with Gasteiger partial charge in [0.15, 0.2) is 0 Å². The summed E-state index contributed by atoms with van der Waals surface area (Å²) in [6.07, 6.45) is 22.4. The van der Waals surface area contributed by atoms with E-state index < -0.39 is 0 Å². The molecule has 20 heterocycles. The van der Waals surface area contributed by atoms with Crippen LogP contribution >= 0.6 is 0 Å². The van der Waals surface area contributed by atoms with Gasteiger partial charge in [0, 0.05) is 190 Å². The molecule has 0 aliphatic carbocycles. The summed E-state index contributed by atoms with van der Waals surface area (Å²) >= 11 is 0. The Kier molecular flexibility index (Phi) is 25.9. The summed E-state index contributed by atoms with van der Waals surface area (Å²) in [5, 5.41) is 20.7. The Morgan fingerprint density at radius 2 is 0.617 bits per heavy atom. The molecule has 8 atom stereocenters. The van der Waals surface area contributed by atoms with E-state index in [-0.39, 0.29) is 37.4 Å². The van der Waals surface area contributed by atoms with Crippen molar-refractivity contribution in [2.24, 2.45) is 0 Å². The Labute approximate surface area is 708 Å². The molecule has 8 fully saturated rings. The smallest absolute Gasteiger partial charge is 0.138 e. The molecule has 20 rings (SSSR count). The van der Waals surface area contributed by atoms with Crippen molar-refractivity contribution in [2.45, 2.75) is 167 Å². The van der Waals surface area contributed by atoms with Gasteiger partial charge in [-0.05, 0) is 230 Å². The minimum Gasteiger partial charge on any atom is -0.390 e. The van der Waals surface area contributed by atoms with Gasteiger partial charge in [-0.25, -0.2) is 19.9 Å². The van der Waals surface area contributed by atoms with Crippen LogP contribution in [0.1, 0.15) is 160 Å². The van der Waals surface area contributed by atoms with E-state index in [9.17, 15) is 10.2 Å². The lowest BCUT2D eigenvalue weighted by atomic mass is 10.1. The Morgan fingerprint density at radius 3 is 0.917 bits per heavy atom. The van der Waals surface area contributed by atoms with Crippen LogP contribution < -0.4 is 19.6 Å². The Bertz CT molecular complexity index is 4990. The van der Waals surface area contributed by atoms with Crippen LogP contribution in [0.25, 0.3) is 22.6 Å². The van der Waals surface area contributed by atoms with Crippen LogP contribution in [0.3, 0.4) is 0 Å². The van der Waals surface area contributed by atoms with Crippen LogP contribution in [0.4, 0.5) is 23.3 Å². The highest BCUT2D eigenvalue weighted by Crippen LogP contribution is 2.35. The molecule has 8 aliphatic rings. The molecule has 0 bridgehead atoms. The maximum atomic E-state index is 10.3. The van der Waals surface area contributed by atoms with Crippen LogP contribution in [-0.2, 0) is 39.4 Å². The molecule has 2 N–H and O–H groups in total. The molecule has 0 aromatic carbocycles. The van der Waals surface area contributed by atoms with Crippen molar-refractivity contribution in [3.05, 3.63) is 240 Å².